The second kappa shape index (κ2) is 3.95. The number of hydrogen-bond donors (Lipinski definition) is 1. The molecule has 0 saturated heterocycles. The van der Waals surface area contributed by atoms with E-state index in [9.17, 15) is 0 Å². The summed E-state index contributed by atoms with van der Waals surface area (Å²) in [7, 11) is 1.69. The van der Waals surface area contributed by atoms with Gasteiger partial charge in [0.2, 0.25) is 0 Å². The standard InChI is InChI=1S/C7H12N2O/c1-10-7-4-8-9-5-2-3-6-9/h2-3,5-6,8H,4,7H2,1H3. The van der Waals surface area contributed by atoms with Gasteiger partial charge in [-0.25, -0.2) is 0 Å². The van der Waals surface area contributed by atoms with E-state index in [1.165, 1.54) is 0 Å². The molecule has 1 N–H and O–H groups in total. The third-order valence-electron chi connectivity index (χ3n) is 1.21. The molecule has 0 atom stereocenters. The zero-order valence-corrected chi connectivity index (χ0v) is 6.08. The van der Waals surface area contributed by atoms with Gasteiger partial charge in [-0.15, -0.1) is 0 Å². The first-order chi connectivity index (χ1) is 4.93. The fourth-order valence-electron chi connectivity index (χ4n) is 0.717. The molecule has 0 unspecified atom stereocenters. The van der Waals surface area contributed by atoms with Crippen LogP contribution in [0, 0.1) is 0 Å². The highest BCUT2D eigenvalue weighted by atomic mass is 16.5. The van der Waals surface area contributed by atoms with Crippen molar-refractivity contribution in [3.63, 3.8) is 0 Å². The molecule has 1 aromatic rings. The summed E-state index contributed by atoms with van der Waals surface area (Å²) in [5, 5.41) is 0. The molecule has 0 spiro atoms. The lowest BCUT2D eigenvalue weighted by Gasteiger charge is -2.04. The minimum atomic E-state index is 0.734. The molecule has 3 heteroatoms. The molecule has 0 aromatic carbocycles. The number of ether oxygens (including phenoxy) is 1. The molecular weight excluding hydrogens is 128 g/mol. The van der Waals surface area contributed by atoms with Gasteiger partial charge in [0.15, 0.2) is 0 Å². The van der Waals surface area contributed by atoms with Crippen LogP contribution in [0.1, 0.15) is 0 Å². The van der Waals surface area contributed by atoms with Gasteiger partial charge in [-0.1, -0.05) is 0 Å². The van der Waals surface area contributed by atoms with E-state index in [1.54, 1.807) is 7.11 Å². The van der Waals surface area contributed by atoms with E-state index in [4.69, 9.17) is 4.74 Å². The molecule has 1 heterocycles. The third kappa shape index (κ3) is 2.11. The fourth-order valence-corrected chi connectivity index (χ4v) is 0.717. The molecule has 0 aliphatic carbocycles. The second-order valence-corrected chi connectivity index (χ2v) is 1.99. The van der Waals surface area contributed by atoms with Gasteiger partial charge in [-0.3, -0.25) is 4.68 Å². The van der Waals surface area contributed by atoms with Gasteiger partial charge in [0.1, 0.15) is 0 Å². The van der Waals surface area contributed by atoms with Crippen molar-refractivity contribution in [2.75, 3.05) is 25.7 Å². The summed E-state index contributed by atoms with van der Waals surface area (Å²) in [4.78, 5) is 0. The average Bonchev–Trinajstić information content (AvgIpc) is 2.41. The van der Waals surface area contributed by atoms with Crippen molar-refractivity contribution in [3.05, 3.63) is 24.5 Å². The van der Waals surface area contributed by atoms with Crippen LogP contribution in [0.5, 0.6) is 0 Å². The molecule has 1 rings (SSSR count). The maximum Gasteiger partial charge on any atom is 0.0651 e. The van der Waals surface area contributed by atoms with Crippen molar-refractivity contribution in [2.24, 2.45) is 0 Å². The topological polar surface area (TPSA) is 26.2 Å². The lowest BCUT2D eigenvalue weighted by atomic mass is 10.7. The van der Waals surface area contributed by atoms with Crippen LogP contribution in [0.3, 0.4) is 0 Å². The Balaban J connectivity index is 2.15. The van der Waals surface area contributed by atoms with Gasteiger partial charge < -0.3 is 10.2 Å². The zero-order valence-electron chi connectivity index (χ0n) is 6.08. The maximum absolute atomic E-state index is 4.86. The summed E-state index contributed by atoms with van der Waals surface area (Å²) in [5.41, 5.74) is 3.12. The van der Waals surface area contributed by atoms with Crippen molar-refractivity contribution in [1.82, 2.24) is 4.68 Å². The normalized spacial score (nSPS) is 9.70. The van der Waals surface area contributed by atoms with Crippen LogP contribution in [0.4, 0.5) is 0 Å². The highest BCUT2D eigenvalue weighted by Gasteiger charge is 1.83. The van der Waals surface area contributed by atoms with Crippen LogP contribution in [-0.4, -0.2) is 24.9 Å². The molecule has 1 aromatic heterocycles. The monoisotopic (exact) mass is 140 g/mol. The van der Waals surface area contributed by atoms with Gasteiger partial charge >= 0.3 is 0 Å². The fraction of sp³-hybridized carbons (Fsp3) is 0.429. The first-order valence-electron chi connectivity index (χ1n) is 3.29. The molecule has 10 heavy (non-hydrogen) atoms. The molecule has 0 amide bonds. The van der Waals surface area contributed by atoms with Crippen LogP contribution in [-0.2, 0) is 4.74 Å². The van der Waals surface area contributed by atoms with Gasteiger partial charge in [0.25, 0.3) is 0 Å². The first-order valence-corrected chi connectivity index (χ1v) is 3.29. The summed E-state index contributed by atoms with van der Waals surface area (Å²) in [6, 6.07) is 3.94. The minimum Gasteiger partial charge on any atom is -0.383 e. The van der Waals surface area contributed by atoms with Crippen LogP contribution in [0.15, 0.2) is 24.5 Å². The number of rotatable bonds is 4. The number of hydrogen-bond acceptors (Lipinski definition) is 2. The summed E-state index contributed by atoms with van der Waals surface area (Å²) in [6.45, 7) is 1.57. The lowest BCUT2D eigenvalue weighted by molar-refractivity contribution is 0.208. The van der Waals surface area contributed by atoms with Crippen LogP contribution in [0.2, 0.25) is 0 Å². The Morgan fingerprint density at radius 2 is 2.10 bits per heavy atom. The molecule has 0 bridgehead atoms. The van der Waals surface area contributed by atoms with Crippen molar-refractivity contribution in [1.29, 1.82) is 0 Å². The molecular formula is C7H12N2O. The zero-order chi connectivity index (χ0) is 7.23. The molecule has 0 radical (unpaired) electrons. The highest BCUT2D eigenvalue weighted by Crippen LogP contribution is 1.83. The van der Waals surface area contributed by atoms with Crippen molar-refractivity contribution in [3.8, 4) is 0 Å². The SMILES string of the molecule is COCCNn1cccc1. The molecule has 0 saturated carbocycles. The van der Waals surface area contributed by atoms with E-state index < -0.39 is 0 Å². The summed E-state index contributed by atoms with van der Waals surface area (Å²) >= 11 is 0. The Labute approximate surface area is 60.6 Å². The van der Waals surface area contributed by atoms with Crippen molar-refractivity contribution >= 4 is 0 Å². The second-order valence-electron chi connectivity index (χ2n) is 1.99. The Morgan fingerprint density at radius 1 is 1.40 bits per heavy atom. The largest absolute Gasteiger partial charge is 0.383 e. The van der Waals surface area contributed by atoms with Crippen molar-refractivity contribution in [2.45, 2.75) is 0 Å². The van der Waals surface area contributed by atoms with Crippen LogP contribution in [0.25, 0.3) is 0 Å². The Bertz CT molecular complexity index is 160. The third-order valence-corrected chi connectivity index (χ3v) is 1.21. The van der Waals surface area contributed by atoms with E-state index >= 15 is 0 Å². The number of nitrogens with zero attached hydrogens (tertiary/aromatic N) is 1. The van der Waals surface area contributed by atoms with Gasteiger partial charge in [-0.2, -0.15) is 0 Å². The maximum atomic E-state index is 4.86. The number of methoxy groups -OCH3 is 1. The van der Waals surface area contributed by atoms with E-state index in [1.807, 2.05) is 29.2 Å². The lowest BCUT2D eigenvalue weighted by Crippen LogP contribution is -2.17. The van der Waals surface area contributed by atoms with Gasteiger partial charge in [0, 0.05) is 19.5 Å². The van der Waals surface area contributed by atoms with E-state index in [0.29, 0.717) is 0 Å². The average molecular weight is 140 g/mol. The minimum absolute atomic E-state index is 0.734. The Morgan fingerprint density at radius 3 is 2.70 bits per heavy atom. The Kier molecular flexibility index (Phi) is 2.83. The number of aromatic nitrogens is 1. The van der Waals surface area contributed by atoms with E-state index in [0.717, 1.165) is 13.2 Å². The quantitative estimate of drug-likeness (QED) is 0.622. The van der Waals surface area contributed by atoms with E-state index in [-0.39, 0.29) is 0 Å². The van der Waals surface area contributed by atoms with Crippen LogP contribution < -0.4 is 5.43 Å². The van der Waals surface area contributed by atoms with Gasteiger partial charge in [-0.05, 0) is 12.1 Å². The van der Waals surface area contributed by atoms with Crippen LogP contribution >= 0.6 is 0 Å². The van der Waals surface area contributed by atoms with Crippen molar-refractivity contribution < 1.29 is 4.74 Å². The molecule has 3 nitrogen and oxygen atoms in total. The predicted octanol–water partition coefficient (Wildman–Crippen LogP) is 0.678. The molecule has 0 aliphatic heterocycles. The summed E-state index contributed by atoms with van der Waals surface area (Å²) in [6.07, 6.45) is 3.91. The summed E-state index contributed by atoms with van der Waals surface area (Å²) in [5.74, 6) is 0. The Hall–Kier alpha value is -0.960. The molecule has 0 aliphatic rings. The first kappa shape index (κ1) is 7.15. The highest BCUT2D eigenvalue weighted by molar-refractivity contribution is 4.92. The molecule has 56 valence electrons. The smallest absolute Gasteiger partial charge is 0.0651 e. The van der Waals surface area contributed by atoms with E-state index in [2.05, 4.69) is 5.43 Å². The van der Waals surface area contributed by atoms with Gasteiger partial charge in [0.05, 0.1) is 13.2 Å². The summed E-state index contributed by atoms with van der Waals surface area (Å²) < 4.78 is 6.77. The predicted molar refractivity (Wildman–Crippen MR) is 40.5 cm³/mol. The molecule has 0 fully saturated rings. The number of nitrogens with one attached hydrogen (secondary N) is 1.